The molecule has 0 atom stereocenters. The van der Waals surface area contributed by atoms with Crippen molar-refractivity contribution in [3.63, 3.8) is 0 Å². The van der Waals surface area contributed by atoms with Gasteiger partial charge in [0.25, 0.3) is 0 Å². The largest absolute Gasteiger partial charge is 0.490 e. The average molecular weight is 153 g/mol. The van der Waals surface area contributed by atoms with Crippen molar-refractivity contribution >= 4 is 0 Å². The first-order valence-corrected chi connectivity index (χ1v) is 3.63. The molecule has 0 heterocycles. The molecule has 1 radical (unpaired) electrons. The van der Waals surface area contributed by atoms with Gasteiger partial charge in [0, 0.05) is 6.07 Å². The smallest absolute Gasteiger partial charge is 0.165 e. The number of halogens is 1. The number of rotatable bonds is 3. The van der Waals surface area contributed by atoms with Crippen LogP contribution in [0, 0.1) is 11.9 Å². The summed E-state index contributed by atoms with van der Waals surface area (Å²) < 4.78 is 17.8. The van der Waals surface area contributed by atoms with Gasteiger partial charge in [0.1, 0.15) is 0 Å². The van der Waals surface area contributed by atoms with E-state index >= 15 is 0 Å². The Morgan fingerprint density at radius 1 is 1.64 bits per heavy atom. The molecule has 1 rings (SSSR count). The van der Waals surface area contributed by atoms with Crippen LogP contribution in [0.3, 0.4) is 0 Å². The number of hydrogen-bond donors (Lipinski definition) is 0. The highest BCUT2D eigenvalue weighted by atomic mass is 19.1. The van der Waals surface area contributed by atoms with Gasteiger partial charge in [-0.05, 0) is 12.5 Å². The molecule has 0 saturated carbocycles. The molecule has 0 amide bonds. The fourth-order valence-electron chi connectivity index (χ4n) is 0.716. The number of para-hydroxylation sites is 1. The van der Waals surface area contributed by atoms with Crippen molar-refractivity contribution in [2.75, 3.05) is 6.61 Å². The van der Waals surface area contributed by atoms with Crippen molar-refractivity contribution in [3.05, 3.63) is 30.1 Å². The summed E-state index contributed by atoms with van der Waals surface area (Å²) in [5, 5.41) is 0. The molecule has 0 bridgehead atoms. The lowest BCUT2D eigenvalue weighted by Crippen LogP contribution is -1.96. The summed E-state index contributed by atoms with van der Waals surface area (Å²) in [6.07, 6.45) is 0.877. The summed E-state index contributed by atoms with van der Waals surface area (Å²) in [6.45, 7) is 2.51. The van der Waals surface area contributed by atoms with Crippen LogP contribution in [0.1, 0.15) is 13.3 Å². The van der Waals surface area contributed by atoms with E-state index in [1.54, 1.807) is 12.1 Å². The maximum Gasteiger partial charge on any atom is 0.165 e. The molecule has 2 heteroatoms. The van der Waals surface area contributed by atoms with Gasteiger partial charge < -0.3 is 4.74 Å². The van der Waals surface area contributed by atoms with E-state index in [2.05, 4.69) is 6.07 Å². The first-order chi connectivity index (χ1) is 5.34. The van der Waals surface area contributed by atoms with E-state index in [1.165, 1.54) is 6.07 Å². The minimum atomic E-state index is -0.346. The molecular formula is C9H10FO. The molecule has 11 heavy (non-hydrogen) atoms. The average Bonchev–Trinajstić information content (AvgIpc) is 2.03. The maximum atomic E-state index is 12.8. The molecule has 1 aromatic carbocycles. The van der Waals surface area contributed by atoms with Crippen LogP contribution in [-0.4, -0.2) is 6.61 Å². The topological polar surface area (TPSA) is 9.23 Å². The zero-order valence-corrected chi connectivity index (χ0v) is 6.43. The Balaban J connectivity index is 2.62. The Hall–Kier alpha value is -1.05. The highest BCUT2D eigenvalue weighted by molar-refractivity contribution is 5.21. The lowest BCUT2D eigenvalue weighted by Gasteiger charge is -2.03. The van der Waals surface area contributed by atoms with Crippen LogP contribution in [0.4, 0.5) is 4.39 Å². The van der Waals surface area contributed by atoms with Crippen molar-refractivity contribution in [2.45, 2.75) is 13.3 Å². The zero-order valence-electron chi connectivity index (χ0n) is 6.43. The molecule has 0 spiro atoms. The van der Waals surface area contributed by atoms with E-state index in [9.17, 15) is 4.39 Å². The van der Waals surface area contributed by atoms with Crippen LogP contribution in [0.5, 0.6) is 5.75 Å². The lowest BCUT2D eigenvalue weighted by atomic mass is 10.3. The summed E-state index contributed by atoms with van der Waals surface area (Å²) in [5.74, 6) is -0.129. The van der Waals surface area contributed by atoms with Crippen LogP contribution in [0.15, 0.2) is 18.2 Å². The number of ether oxygens (including phenoxy) is 1. The van der Waals surface area contributed by atoms with E-state index in [-0.39, 0.29) is 11.6 Å². The van der Waals surface area contributed by atoms with Gasteiger partial charge in [0.15, 0.2) is 11.6 Å². The summed E-state index contributed by atoms with van der Waals surface area (Å²) >= 11 is 0. The minimum absolute atomic E-state index is 0.217. The van der Waals surface area contributed by atoms with Crippen LogP contribution in [0.2, 0.25) is 0 Å². The molecule has 0 saturated heterocycles. The maximum absolute atomic E-state index is 12.8. The molecule has 0 unspecified atom stereocenters. The summed E-state index contributed by atoms with van der Waals surface area (Å²) in [5.41, 5.74) is 0. The predicted molar refractivity (Wildman–Crippen MR) is 41.0 cm³/mol. The lowest BCUT2D eigenvalue weighted by molar-refractivity contribution is 0.300. The second kappa shape index (κ2) is 3.96. The fraction of sp³-hybridized carbons (Fsp3) is 0.333. The van der Waals surface area contributed by atoms with Crippen LogP contribution >= 0.6 is 0 Å². The number of benzene rings is 1. The molecule has 0 aromatic heterocycles. The van der Waals surface area contributed by atoms with E-state index in [1.807, 2.05) is 6.92 Å². The molecular weight excluding hydrogens is 143 g/mol. The monoisotopic (exact) mass is 153 g/mol. The van der Waals surface area contributed by atoms with Crippen LogP contribution in [-0.2, 0) is 0 Å². The Morgan fingerprint density at radius 2 is 2.45 bits per heavy atom. The highest BCUT2D eigenvalue weighted by Gasteiger charge is 1.99. The van der Waals surface area contributed by atoms with Crippen LogP contribution < -0.4 is 4.74 Å². The van der Waals surface area contributed by atoms with E-state index in [0.717, 1.165) is 6.42 Å². The van der Waals surface area contributed by atoms with E-state index in [4.69, 9.17) is 4.74 Å². The molecule has 1 aromatic rings. The van der Waals surface area contributed by atoms with Gasteiger partial charge in [-0.15, -0.1) is 0 Å². The molecule has 0 N–H and O–H groups in total. The normalized spacial score (nSPS) is 9.64. The SMILES string of the molecule is CCCOc1[c]cccc1F. The quantitative estimate of drug-likeness (QED) is 0.648. The third-order valence-corrected chi connectivity index (χ3v) is 1.22. The van der Waals surface area contributed by atoms with Gasteiger partial charge in [-0.25, -0.2) is 4.39 Å². The third kappa shape index (κ3) is 2.22. The first-order valence-electron chi connectivity index (χ1n) is 3.63. The van der Waals surface area contributed by atoms with Crippen molar-refractivity contribution in [2.24, 2.45) is 0 Å². The fourth-order valence-corrected chi connectivity index (χ4v) is 0.716. The summed E-state index contributed by atoms with van der Waals surface area (Å²) in [4.78, 5) is 0. The van der Waals surface area contributed by atoms with Gasteiger partial charge >= 0.3 is 0 Å². The second-order valence-corrected chi connectivity index (χ2v) is 2.20. The minimum Gasteiger partial charge on any atom is -0.490 e. The van der Waals surface area contributed by atoms with Gasteiger partial charge in [-0.3, -0.25) is 0 Å². The number of hydrogen-bond acceptors (Lipinski definition) is 1. The Labute approximate surface area is 65.8 Å². The Morgan fingerprint density at radius 3 is 3.09 bits per heavy atom. The van der Waals surface area contributed by atoms with Crippen molar-refractivity contribution in [1.29, 1.82) is 0 Å². The zero-order chi connectivity index (χ0) is 8.10. The van der Waals surface area contributed by atoms with Gasteiger partial charge in [-0.1, -0.05) is 19.1 Å². The van der Waals surface area contributed by atoms with Crippen molar-refractivity contribution in [1.82, 2.24) is 0 Å². The van der Waals surface area contributed by atoms with E-state index in [0.29, 0.717) is 6.61 Å². The molecule has 0 aliphatic heterocycles. The second-order valence-electron chi connectivity index (χ2n) is 2.20. The van der Waals surface area contributed by atoms with Gasteiger partial charge in [0.2, 0.25) is 0 Å². The third-order valence-electron chi connectivity index (χ3n) is 1.22. The van der Waals surface area contributed by atoms with Crippen LogP contribution in [0.25, 0.3) is 0 Å². The molecule has 0 fully saturated rings. The summed E-state index contributed by atoms with van der Waals surface area (Å²) in [7, 11) is 0. The molecule has 1 nitrogen and oxygen atoms in total. The highest BCUT2D eigenvalue weighted by Crippen LogP contribution is 2.14. The van der Waals surface area contributed by atoms with Gasteiger partial charge in [-0.2, -0.15) is 0 Å². The first kappa shape index (κ1) is 8.05. The molecule has 0 aliphatic rings. The summed E-state index contributed by atoms with van der Waals surface area (Å²) in [6, 6.07) is 7.26. The van der Waals surface area contributed by atoms with Crippen molar-refractivity contribution < 1.29 is 9.13 Å². The molecule has 0 aliphatic carbocycles. The standard InChI is InChI=1S/C9H10FO/c1-2-7-11-9-6-4-3-5-8(9)10/h3-5H,2,7H2,1H3. The molecule has 59 valence electrons. The van der Waals surface area contributed by atoms with E-state index < -0.39 is 0 Å². The Bertz CT molecular complexity index is 223. The van der Waals surface area contributed by atoms with Crippen molar-refractivity contribution in [3.8, 4) is 5.75 Å². The predicted octanol–water partition coefficient (Wildman–Crippen LogP) is 2.41. The van der Waals surface area contributed by atoms with Gasteiger partial charge in [0.05, 0.1) is 6.61 Å². The Kier molecular flexibility index (Phi) is 2.90.